The number of hydrogen-bond acceptors (Lipinski definition) is 6. The highest BCUT2D eigenvalue weighted by Crippen LogP contribution is 2.35. The van der Waals surface area contributed by atoms with Crippen LogP contribution in [0.2, 0.25) is 0 Å². The average Bonchev–Trinajstić information content (AvgIpc) is 3.12. The van der Waals surface area contributed by atoms with Crippen molar-refractivity contribution < 1.29 is 46.9 Å². The molecule has 0 radical (unpaired) electrons. The monoisotopic (exact) mass is 710 g/mol. The van der Waals surface area contributed by atoms with Crippen molar-refractivity contribution in [3.05, 3.63) is 149 Å². The van der Waals surface area contributed by atoms with E-state index in [0.717, 1.165) is 27.7 Å². The Balaban J connectivity index is 1.19. The summed E-state index contributed by atoms with van der Waals surface area (Å²) in [6, 6.07) is 30.2. The number of carboxylic acids is 1. The van der Waals surface area contributed by atoms with Gasteiger partial charge in [0.2, 0.25) is 5.91 Å². The SMILES string of the molecule is COc1ccc(CC(=O)Nc2ccc(C(=O)N(CC(=O)O)Cc3ccc(C(=O)Oc4ccc(-c5ccc(C)cc5)cc4)cc3)cc2)c(C(F)(F)F)c1. The fourth-order valence-corrected chi connectivity index (χ4v) is 5.31. The normalized spacial score (nSPS) is 11.0. The van der Waals surface area contributed by atoms with Crippen molar-refractivity contribution in [1.82, 2.24) is 4.90 Å². The number of nitrogens with one attached hydrogen (secondary N) is 1. The Morgan fingerprint density at radius 2 is 1.33 bits per heavy atom. The maximum absolute atomic E-state index is 13.5. The van der Waals surface area contributed by atoms with Gasteiger partial charge in [-0.1, -0.05) is 60.2 Å². The zero-order valence-corrected chi connectivity index (χ0v) is 28.1. The minimum Gasteiger partial charge on any atom is -0.497 e. The van der Waals surface area contributed by atoms with E-state index >= 15 is 0 Å². The molecule has 0 aliphatic heterocycles. The van der Waals surface area contributed by atoms with Crippen molar-refractivity contribution in [3.8, 4) is 22.6 Å². The summed E-state index contributed by atoms with van der Waals surface area (Å²) in [5.41, 5.74) is 3.06. The van der Waals surface area contributed by atoms with Gasteiger partial charge in [0.15, 0.2) is 0 Å². The van der Waals surface area contributed by atoms with Gasteiger partial charge in [-0.25, -0.2) is 4.79 Å². The van der Waals surface area contributed by atoms with Crippen LogP contribution in [0.15, 0.2) is 115 Å². The third-order valence-electron chi connectivity index (χ3n) is 8.02. The fraction of sp³-hybridized carbons (Fsp3) is 0.150. The van der Waals surface area contributed by atoms with Crippen LogP contribution in [0.1, 0.15) is 43.0 Å². The number of nitrogens with zero attached hydrogens (tertiary/aromatic N) is 1. The number of ether oxygens (including phenoxy) is 2. The molecule has 0 aromatic heterocycles. The van der Waals surface area contributed by atoms with E-state index < -0.39 is 48.5 Å². The molecule has 12 heteroatoms. The number of amides is 2. The maximum Gasteiger partial charge on any atom is 0.416 e. The third kappa shape index (κ3) is 9.63. The zero-order valence-electron chi connectivity index (χ0n) is 28.1. The number of esters is 1. The second kappa shape index (κ2) is 16.1. The Morgan fingerprint density at radius 3 is 1.90 bits per heavy atom. The van der Waals surface area contributed by atoms with E-state index in [-0.39, 0.29) is 34.7 Å². The number of anilines is 1. The molecule has 0 aliphatic carbocycles. The minimum atomic E-state index is -4.70. The number of halogens is 3. The number of methoxy groups -OCH3 is 1. The molecular formula is C40H33F3N2O7. The molecule has 0 unspecified atom stereocenters. The molecule has 0 aliphatic rings. The molecule has 9 nitrogen and oxygen atoms in total. The number of aryl methyl sites for hydroxylation is 1. The number of carbonyl (C=O) groups excluding carboxylic acids is 3. The molecule has 266 valence electrons. The average molecular weight is 711 g/mol. The summed E-state index contributed by atoms with van der Waals surface area (Å²) in [6.45, 7) is 1.29. The van der Waals surface area contributed by atoms with E-state index in [2.05, 4.69) is 5.32 Å². The van der Waals surface area contributed by atoms with E-state index in [1.54, 1.807) is 24.3 Å². The van der Waals surface area contributed by atoms with Crippen LogP contribution in [0.3, 0.4) is 0 Å². The van der Waals surface area contributed by atoms with Crippen LogP contribution in [-0.4, -0.2) is 47.4 Å². The van der Waals surface area contributed by atoms with Crippen LogP contribution in [-0.2, 0) is 28.7 Å². The van der Waals surface area contributed by atoms with E-state index in [9.17, 15) is 37.5 Å². The Hall–Kier alpha value is -6.43. The Labute approximate surface area is 297 Å². The molecule has 5 aromatic rings. The van der Waals surface area contributed by atoms with Gasteiger partial charge >= 0.3 is 18.1 Å². The molecule has 0 atom stereocenters. The van der Waals surface area contributed by atoms with E-state index in [4.69, 9.17) is 9.47 Å². The lowest BCUT2D eigenvalue weighted by Gasteiger charge is -2.21. The quantitative estimate of drug-likeness (QED) is 0.100. The first-order valence-corrected chi connectivity index (χ1v) is 15.9. The van der Waals surface area contributed by atoms with Crippen LogP contribution >= 0.6 is 0 Å². The van der Waals surface area contributed by atoms with Crippen LogP contribution in [0, 0.1) is 6.92 Å². The van der Waals surface area contributed by atoms with Crippen molar-refractivity contribution in [3.63, 3.8) is 0 Å². The predicted molar refractivity (Wildman–Crippen MR) is 187 cm³/mol. The highest BCUT2D eigenvalue weighted by Gasteiger charge is 2.34. The van der Waals surface area contributed by atoms with Crippen molar-refractivity contribution in [2.45, 2.75) is 26.1 Å². The van der Waals surface area contributed by atoms with E-state index in [1.807, 2.05) is 43.3 Å². The summed E-state index contributed by atoms with van der Waals surface area (Å²) in [5.74, 6) is -2.81. The standard InChI is InChI=1S/C40H33F3N2O7/c1-25-3-7-27(8-4-25)28-13-18-33(19-14-28)52-39(50)30-9-5-26(6-10-30)23-45(24-37(47)48)38(49)29-11-16-32(17-12-29)44-36(46)21-31-15-20-34(51-2)22-35(31)40(41,42)43/h3-20,22H,21,23-24H2,1-2H3,(H,44,46)(H,47,48). The van der Waals surface area contributed by atoms with Crippen molar-refractivity contribution >= 4 is 29.4 Å². The highest BCUT2D eigenvalue weighted by atomic mass is 19.4. The summed E-state index contributed by atoms with van der Waals surface area (Å²) in [4.78, 5) is 51.5. The van der Waals surface area contributed by atoms with Crippen molar-refractivity contribution in [2.24, 2.45) is 0 Å². The van der Waals surface area contributed by atoms with E-state index in [0.29, 0.717) is 11.3 Å². The van der Waals surface area contributed by atoms with Crippen molar-refractivity contribution in [1.29, 1.82) is 0 Å². The van der Waals surface area contributed by atoms with Crippen molar-refractivity contribution in [2.75, 3.05) is 19.0 Å². The van der Waals surface area contributed by atoms with Gasteiger partial charge in [0, 0.05) is 17.8 Å². The molecular weight excluding hydrogens is 677 g/mol. The summed E-state index contributed by atoms with van der Waals surface area (Å²) in [6.07, 6.45) is -5.26. The van der Waals surface area contributed by atoms with Crippen LogP contribution in [0.4, 0.5) is 18.9 Å². The highest BCUT2D eigenvalue weighted by molar-refractivity contribution is 5.97. The predicted octanol–water partition coefficient (Wildman–Crippen LogP) is 7.82. The molecule has 0 saturated carbocycles. The second-order valence-corrected chi connectivity index (χ2v) is 11.9. The number of rotatable bonds is 12. The zero-order chi connectivity index (χ0) is 37.4. The largest absolute Gasteiger partial charge is 0.497 e. The first kappa shape index (κ1) is 36.8. The van der Waals surface area contributed by atoms with E-state index in [1.165, 1.54) is 55.6 Å². The number of alkyl halides is 3. The summed E-state index contributed by atoms with van der Waals surface area (Å²) in [7, 11) is 1.24. The summed E-state index contributed by atoms with van der Waals surface area (Å²) >= 11 is 0. The molecule has 0 fully saturated rings. The first-order chi connectivity index (χ1) is 24.8. The molecule has 0 saturated heterocycles. The summed E-state index contributed by atoms with van der Waals surface area (Å²) < 4.78 is 51.0. The fourth-order valence-electron chi connectivity index (χ4n) is 5.31. The van der Waals surface area contributed by atoms with Gasteiger partial charge in [0.1, 0.15) is 18.0 Å². The number of carbonyl (C=O) groups is 4. The molecule has 52 heavy (non-hydrogen) atoms. The molecule has 0 bridgehead atoms. The van der Waals surface area contributed by atoms with Gasteiger partial charge in [-0.3, -0.25) is 14.4 Å². The Bertz CT molecular complexity index is 2060. The van der Waals surface area contributed by atoms with Crippen LogP contribution in [0.5, 0.6) is 11.5 Å². The van der Waals surface area contributed by atoms with Gasteiger partial charge < -0.3 is 24.8 Å². The number of hydrogen-bond donors (Lipinski definition) is 2. The lowest BCUT2D eigenvalue weighted by atomic mass is 10.0. The lowest BCUT2D eigenvalue weighted by Crippen LogP contribution is -2.35. The molecule has 5 rings (SSSR count). The van der Waals surface area contributed by atoms with Gasteiger partial charge in [-0.15, -0.1) is 0 Å². The van der Waals surface area contributed by atoms with Gasteiger partial charge in [0.25, 0.3) is 5.91 Å². The molecule has 2 N–H and O–H groups in total. The molecule has 5 aromatic carbocycles. The maximum atomic E-state index is 13.5. The number of benzene rings is 5. The van der Waals surface area contributed by atoms with Gasteiger partial charge in [-0.05, 0) is 89.8 Å². The molecule has 0 heterocycles. The van der Waals surface area contributed by atoms with Gasteiger partial charge in [-0.2, -0.15) is 13.2 Å². The van der Waals surface area contributed by atoms with Gasteiger partial charge in [0.05, 0.1) is 24.7 Å². The lowest BCUT2D eigenvalue weighted by molar-refractivity contribution is -0.139. The number of aliphatic carboxylic acids is 1. The molecule has 0 spiro atoms. The van der Waals surface area contributed by atoms with Crippen LogP contribution < -0.4 is 14.8 Å². The molecule has 2 amide bonds. The Morgan fingerprint density at radius 1 is 0.750 bits per heavy atom. The topological polar surface area (TPSA) is 122 Å². The van der Waals surface area contributed by atoms with Crippen LogP contribution in [0.25, 0.3) is 11.1 Å². The summed E-state index contributed by atoms with van der Waals surface area (Å²) in [5, 5.41) is 12.0. The first-order valence-electron chi connectivity index (χ1n) is 15.9. The number of carboxylic acid groups (broad SMARTS) is 1. The minimum absolute atomic E-state index is 0.00220. The third-order valence-corrected chi connectivity index (χ3v) is 8.02. The smallest absolute Gasteiger partial charge is 0.416 e. The Kier molecular flexibility index (Phi) is 11.4. The second-order valence-electron chi connectivity index (χ2n) is 11.9.